The average Bonchev–Trinajstić information content (AvgIpc) is 2.61. The van der Waals surface area contributed by atoms with E-state index in [-0.39, 0.29) is 17.5 Å². The van der Waals surface area contributed by atoms with E-state index in [0.29, 0.717) is 11.3 Å². The summed E-state index contributed by atoms with van der Waals surface area (Å²) >= 11 is 0. The number of nitro benzene ring substituents is 1. The number of hydrogen-bond acceptors (Lipinski definition) is 4. The first-order valence-electron chi connectivity index (χ1n) is 8.01. The highest BCUT2D eigenvalue weighted by molar-refractivity contribution is 5.95. The molecule has 5 heteroatoms. The van der Waals surface area contributed by atoms with E-state index in [2.05, 4.69) is 5.32 Å². The van der Waals surface area contributed by atoms with Gasteiger partial charge in [-0.05, 0) is 42.3 Å². The Kier molecular flexibility index (Phi) is 4.48. The Balaban J connectivity index is 1.99. The zero-order valence-electron chi connectivity index (χ0n) is 14.0. The zero-order chi connectivity index (χ0) is 18.0. The number of fused-ring (bicyclic) bond motifs is 1. The monoisotopic (exact) mass is 334 g/mol. The second kappa shape index (κ2) is 6.73. The number of hydrogen-bond donors (Lipinski definition) is 1. The maximum Gasteiger partial charge on any atom is 0.293 e. The predicted octanol–water partition coefficient (Wildman–Crippen LogP) is 5.12. The molecule has 0 aromatic heterocycles. The Morgan fingerprint density at radius 3 is 2.52 bits per heavy atom. The van der Waals surface area contributed by atoms with E-state index in [9.17, 15) is 14.9 Å². The molecule has 3 rings (SSSR count). The van der Waals surface area contributed by atoms with Gasteiger partial charge in [0.05, 0.1) is 4.92 Å². The van der Waals surface area contributed by atoms with Gasteiger partial charge in [-0.15, -0.1) is 0 Å². The fourth-order valence-corrected chi connectivity index (χ4v) is 2.96. The summed E-state index contributed by atoms with van der Waals surface area (Å²) in [5, 5.41) is 16.8. The molecule has 0 radical (unpaired) electrons. The van der Waals surface area contributed by atoms with Crippen LogP contribution in [0, 0.1) is 10.1 Å². The molecule has 3 aromatic rings. The second-order valence-corrected chi connectivity index (χ2v) is 5.98. The summed E-state index contributed by atoms with van der Waals surface area (Å²) in [5.41, 5.74) is 1.69. The third kappa shape index (κ3) is 3.35. The molecule has 0 spiro atoms. The highest BCUT2D eigenvalue weighted by Gasteiger charge is 2.19. The van der Waals surface area contributed by atoms with Crippen LogP contribution >= 0.6 is 0 Å². The minimum absolute atomic E-state index is 0.0974. The predicted molar refractivity (Wildman–Crippen MR) is 99.1 cm³/mol. The lowest BCUT2D eigenvalue weighted by Gasteiger charge is -2.18. The molecule has 0 heterocycles. The lowest BCUT2D eigenvalue weighted by molar-refractivity contribution is -0.384. The SMILES string of the molecule is CC(=O)c1ccc(N[C@H](C)c2cccc3ccccc23)c([N+](=O)[O-])c1. The molecule has 0 aliphatic rings. The minimum Gasteiger partial charge on any atom is -0.373 e. The van der Waals surface area contributed by atoms with Crippen molar-refractivity contribution in [3.63, 3.8) is 0 Å². The first kappa shape index (κ1) is 16.6. The molecule has 1 atom stereocenters. The first-order chi connectivity index (χ1) is 12.0. The van der Waals surface area contributed by atoms with Gasteiger partial charge < -0.3 is 5.32 Å². The largest absolute Gasteiger partial charge is 0.373 e. The number of nitro groups is 1. The Morgan fingerprint density at radius 1 is 1.08 bits per heavy atom. The van der Waals surface area contributed by atoms with Crippen LogP contribution in [0.15, 0.2) is 60.7 Å². The number of carbonyl (C=O) groups excluding carboxylic acids is 1. The van der Waals surface area contributed by atoms with E-state index < -0.39 is 4.92 Å². The summed E-state index contributed by atoms with van der Waals surface area (Å²) < 4.78 is 0. The summed E-state index contributed by atoms with van der Waals surface area (Å²) in [7, 11) is 0. The van der Waals surface area contributed by atoms with Crippen LogP contribution in [0.2, 0.25) is 0 Å². The quantitative estimate of drug-likeness (QED) is 0.399. The van der Waals surface area contributed by atoms with E-state index in [4.69, 9.17) is 0 Å². The standard InChI is InChI=1S/C20H18N2O3/c1-13(17-9-5-7-15-6-3-4-8-18(15)17)21-19-11-10-16(14(2)23)12-20(19)22(24)25/h3-13,21H,1-2H3/t13-/m1/s1. The van der Waals surface area contributed by atoms with E-state index in [1.54, 1.807) is 12.1 Å². The van der Waals surface area contributed by atoms with Crippen LogP contribution in [-0.2, 0) is 0 Å². The zero-order valence-corrected chi connectivity index (χ0v) is 14.0. The van der Waals surface area contributed by atoms with E-state index in [1.165, 1.54) is 13.0 Å². The lowest BCUT2D eigenvalue weighted by atomic mass is 9.99. The first-order valence-corrected chi connectivity index (χ1v) is 8.01. The van der Waals surface area contributed by atoms with Crippen molar-refractivity contribution in [2.24, 2.45) is 0 Å². The number of nitrogens with one attached hydrogen (secondary N) is 1. The molecular formula is C20H18N2O3. The van der Waals surface area contributed by atoms with Gasteiger partial charge in [0.25, 0.3) is 5.69 Å². The number of ketones is 1. The number of Topliss-reactive ketones (excluding diaryl/α,β-unsaturated/α-hetero) is 1. The molecule has 0 amide bonds. The number of rotatable bonds is 5. The summed E-state index contributed by atoms with van der Waals surface area (Å²) in [6.45, 7) is 3.36. The Hall–Kier alpha value is -3.21. The molecule has 0 fully saturated rings. The molecule has 0 aliphatic carbocycles. The van der Waals surface area contributed by atoms with Gasteiger partial charge in [-0.1, -0.05) is 42.5 Å². The van der Waals surface area contributed by atoms with Gasteiger partial charge in [0, 0.05) is 17.7 Å². The van der Waals surface area contributed by atoms with Crippen molar-refractivity contribution in [1.82, 2.24) is 0 Å². The number of anilines is 1. The molecule has 0 unspecified atom stereocenters. The van der Waals surface area contributed by atoms with E-state index in [0.717, 1.165) is 16.3 Å². The molecule has 126 valence electrons. The van der Waals surface area contributed by atoms with Crippen molar-refractivity contribution in [2.45, 2.75) is 19.9 Å². The fourth-order valence-electron chi connectivity index (χ4n) is 2.96. The van der Waals surface area contributed by atoms with Gasteiger partial charge in [0.1, 0.15) is 5.69 Å². The Labute approximate surface area is 145 Å². The molecule has 0 bridgehead atoms. The van der Waals surface area contributed by atoms with Crippen molar-refractivity contribution in [3.05, 3.63) is 81.9 Å². The molecule has 5 nitrogen and oxygen atoms in total. The van der Waals surface area contributed by atoms with Crippen LogP contribution in [0.5, 0.6) is 0 Å². The minimum atomic E-state index is -0.468. The van der Waals surface area contributed by atoms with Gasteiger partial charge in [0.15, 0.2) is 5.78 Å². The molecule has 25 heavy (non-hydrogen) atoms. The highest BCUT2D eigenvalue weighted by Crippen LogP contribution is 2.31. The van der Waals surface area contributed by atoms with Gasteiger partial charge in [0.2, 0.25) is 0 Å². The molecule has 1 N–H and O–H groups in total. The molecule has 3 aromatic carbocycles. The summed E-state index contributed by atoms with van der Waals surface area (Å²) in [6.07, 6.45) is 0. The number of benzene rings is 3. The van der Waals surface area contributed by atoms with Gasteiger partial charge in [-0.2, -0.15) is 0 Å². The van der Waals surface area contributed by atoms with Crippen LogP contribution in [0.1, 0.15) is 35.8 Å². The molecular weight excluding hydrogens is 316 g/mol. The van der Waals surface area contributed by atoms with Crippen molar-refractivity contribution in [3.8, 4) is 0 Å². The van der Waals surface area contributed by atoms with Crippen molar-refractivity contribution in [1.29, 1.82) is 0 Å². The third-order valence-corrected chi connectivity index (χ3v) is 4.26. The van der Waals surface area contributed by atoms with Crippen LogP contribution in [-0.4, -0.2) is 10.7 Å². The van der Waals surface area contributed by atoms with E-state index >= 15 is 0 Å². The number of carbonyl (C=O) groups is 1. The Morgan fingerprint density at radius 2 is 1.80 bits per heavy atom. The summed E-state index contributed by atoms with van der Waals surface area (Å²) in [5.74, 6) is -0.197. The topological polar surface area (TPSA) is 72.2 Å². The maximum absolute atomic E-state index is 11.5. The van der Waals surface area contributed by atoms with E-state index in [1.807, 2.05) is 49.4 Å². The summed E-state index contributed by atoms with van der Waals surface area (Å²) in [4.78, 5) is 22.4. The molecule has 0 aliphatic heterocycles. The average molecular weight is 334 g/mol. The highest BCUT2D eigenvalue weighted by atomic mass is 16.6. The van der Waals surface area contributed by atoms with Crippen LogP contribution in [0.3, 0.4) is 0 Å². The summed E-state index contributed by atoms with van der Waals surface area (Å²) in [6, 6.07) is 18.4. The number of nitrogens with zero attached hydrogens (tertiary/aromatic N) is 1. The lowest BCUT2D eigenvalue weighted by Crippen LogP contribution is -2.09. The Bertz CT molecular complexity index is 961. The van der Waals surface area contributed by atoms with Crippen LogP contribution < -0.4 is 5.32 Å². The maximum atomic E-state index is 11.5. The fraction of sp³-hybridized carbons (Fsp3) is 0.150. The van der Waals surface area contributed by atoms with Crippen molar-refractivity contribution >= 4 is 27.9 Å². The van der Waals surface area contributed by atoms with Crippen molar-refractivity contribution < 1.29 is 9.72 Å². The smallest absolute Gasteiger partial charge is 0.293 e. The normalized spacial score (nSPS) is 11.9. The van der Waals surface area contributed by atoms with Crippen LogP contribution in [0.4, 0.5) is 11.4 Å². The molecule has 0 saturated carbocycles. The van der Waals surface area contributed by atoms with Gasteiger partial charge in [-0.3, -0.25) is 14.9 Å². The van der Waals surface area contributed by atoms with Gasteiger partial charge in [-0.25, -0.2) is 0 Å². The molecule has 0 saturated heterocycles. The third-order valence-electron chi connectivity index (χ3n) is 4.26. The van der Waals surface area contributed by atoms with Crippen LogP contribution in [0.25, 0.3) is 10.8 Å². The van der Waals surface area contributed by atoms with Crippen molar-refractivity contribution in [2.75, 3.05) is 5.32 Å². The van der Waals surface area contributed by atoms with Gasteiger partial charge >= 0.3 is 0 Å². The second-order valence-electron chi connectivity index (χ2n) is 5.98.